The Morgan fingerprint density at radius 1 is 1.26 bits per heavy atom. The van der Waals surface area contributed by atoms with Crippen LogP contribution in [0.15, 0.2) is 6.20 Å². The molecule has 108 valence electrons. The van der Waals surface area contributed by atoms with Crippen molar-refractivity contribution >= 4 is 23.4 Å². The number of halogens is 1. The largest absolute Gasteiger partial charge is 0.355 e. The lowest BCUT2D eigenvalue weighted by Crippen LogP contribution is -2.28. The molecule has 0 spiro atoms. The third kappa shape index (κ3) is 5.20. The second kappa shape index (κ2) is 8.17. The lowest BCUT2D eigenvalue weighted by atomic mass is 10.3. The van der Waals surface area contributed by atoms with Gasteiger partial charge < -0.3 is 15.1 Å². The van der Waals surface area contributed by atoms with Crippen molar-refractivity contribution in [3.8, 4) is 0 Å². The highest BCUT2D eigenvalue weighted by molar-refractivity contribution is 6.32. The second-order valence-electron chi connectivity index (χ2n) is 4.63. The van der Waals surface area contributed by atoms with Crippen molar-refractivity contribution in [1.29, 1.82) is 0 Å². The van der Waals surface area contributed by atoms with Gasteiger partial charge >= 0.3 is 0 Å². The van der Waals surface area contributed by atoms with E-state index in [2.05, 4.69) is 46.1 Å². The fourth-order valence-corrected chi connectivity index (χ4v) is 2.03. The Morgan fingerprint density at radius 3 is 2.58 bits per heavy atom. The molecular weight excluding hydrogens is 262 g/mol. The van der Waals surface area contributed by atoms with E-state index in [0.717, 1.165) is 38.4 Å². The summed E-state index contributed by atoms with van der Waals surface area (Å²) in [5, 5.41) is 3.72. The predicted molar refractivity (Wildman–Crippen MR) is 82.3 cm³/mol. The molecule has 0 saturated carbocycles. The molecule has 0 radical (unpaired) electrons. The average molecular weight is 286 g/mol. The van der Waals surface area contributed by atoms with Crippen LogP contribution in [0.5, 0.6) is 0 Å². The maximum atomic E-state index is 6.21. The summed E-state index contributed by atoms with van der Waals surface area (Å²) in [5.41, 5.74) is 0. The zero-order chi connectivity index (χ0) is 14.3. The van der Waals surface area contributed by atoms with Crippen LogP contribution < -0.4 is 10.2 Å². The Kier molecular flexibility index (Phi) is 6.87. The van der Waals surface area contributed by atoms with E-state index < -0.39 is 0 Å². The average Bonchev–Trinajstić information content (AvgIpc) is 2.37. The molecule has 0 unspecified atom stereocenters. The van der Waals surface area contributed by atoms with E-state index in [0.29, 0.717) is 11.0 Å². The van der Waals surface area contributed by atoms with Crippen LogP contribution in [0.25, 0.3) is 0 Å². The number of hydrogen-bond acceptors (Lipinski definition) is 5. The van der Waals surface area contributed by atoms with Gasteiger partial charge in [0.05, 0.1) is 6.20 Å². The zero-order valence-corrected chi connectivity index (χ0v) is 13.0. The van der Waals surface area contributed by atoms with Crippen LogP contribution >= 0.6 is 11.6 Å². The molecule has 0 aliphatic carbocycles. The fourth-order valence-electron chi connectivity index (χ4n) is 1.81. The molecule has 6 heteroatoms. The van der Waals surface area contributed by atoms with E-state index in [1.807, 2.05) is 6.92 Å². The number of nitrogens with one attached hydrogen (secondary N) is 1. The Morgan fingerprint density at radius 2 is 2.00 bits per heavy atom. The first-order chi connectivity index (χ1) is 9.08. The molecular formula is C13H24ClN5. The summed E-state index contributed by atoms with van der Waals surface area (Å²) >= 11 is 6.21. The van der Waals surface area contributed by atoms with Gasteiger partial charge in [0.1, 0.15) is 5.02 Å². The normalized spacial score (nSPS) is 10.8. The fraction of sp³-hybridized carbons (Fsp3) is 0.692. The Bertz CT molecular complexity index is 383. The van der Waals surface area contributed by atoms with Crippen molar-refractivity contribution in [2.45, 2.75) is 20.3 Å². The molecule has 19 heavy (non-hydrogen) atoms. The van der Waals surface area contributed by atoms with Crippen LogP contribution in [0, 0.1) is 0 Å². The SMILES string of the molecule is CCNc1ncc(Cl)c(N(CC)CCCN(C)C)n1. The summed E-state index contributed by atoms with van der Waals surface area (Å²) in [6, 6.07) is 0. The number of anilines is 2. The molecule has 0 saturated heterocycles. The van der Waals surface area contributed by atoms with Crippen LogP contribution in [0.4, 0.5) is 11.8 Å². The third-order valence-corrected chi connectivity index (χ3v) is 3.04. The summed E-state index contributed by atoms with van der Waals surface area (Å²) in [6.45, 7) is 7.81. The van der Waals surface area contributed by atoms with E-state index in [-0.39, 0.29) is 0 Å². The van der Waals surface area contributed by atoms with Gasteiger partial charge in [0, 0.05) is 19.6 Å². The molecule has 1 rings (SSSR count). The van der Waals surface area contributed by atoms with Crippen molar-refractivity contribution in [2.75, 3.05) is 50.5 Å². The molecule has 1 N–H and O–H groups in total. The van der Waals surface area contributed by atoms with E-state index in [1.165, 1.54) is 0 Å². The monoisotopic (exact) mass is 285 g/mol. The molecule has 1 heterocycles. The Hall–Kier alpha value is -1.07. The highest BCUT2D eigenvalue weighted by atomic mass is 35.5. The zero-order valence-electron chi connectivity index (χ0n) is 12.3. The summed E-state index contributed by atoms with van der Waals surface area (Å²) in [6.07, 6.45) is 2.74. The molecule has 0 aliphatic rings. The van der Waals surface area contributed by atoms with Crippen molar-refractivity contribution in [1.82, 2.24) is 14.9 Å². The van der Waals surface area contributed by atoms with E-state index in [9.17, 15) is 0 Å². The van der Waals surface area contributed by atoms with Gasteiger partial charge in [-0.15, -0.1) is 0 Å². The minimum atomic E-state index is 0.605. The van der Waals surface area contributed by atoms with E-state index in [4.69, 9.17) is 11.6 Å². The maximum absolute atomic E-state index is 6.21. The van der Waals surface area contributed by atoms with Crippen molar-refractivity contribution in [3.63, 3.8) is 0 Å². The second-order valence-corrected chi connectivity index (χ2v) is 5.04. The third-order valence-electron chi connectivity index (χ3n) is 2.78. The van der Waals surface area contributed by atoms with Gasteiger partial charge in [0.25, 0.3) is 0 Å². The predicted octanol–water partition coefficient (Wildman–Crippen LogP) is 2.34. The van der Waals surface area contributed by atoms with Crippen LogP contribution in [-0.2, 0) is 0 Å². The first-order valence-electron chi connectivity index (χ1n) is 6.74. The van der Waals surface area contributed by atoms with Gasteiger partial charge in [-0.1, -0.05) is 11.6 Å². The van der Waals surface area contributed by atoms with Gasteiger partial charge in [-0.25, -0.2) is 4.98 Å². The Balaban J connectivity index is 2.75. The standard InChI is InChI=1S/C13H24ClN5/c1-5-15-13-16-10-11(14)12(17-13)19(6-2)9-7-8-18(3)4/h10H,5-9H2,1-4H3,(H,15,16,17). The van der Waals surface area contributed by atoms with Crippen LogP contribution in [-0.4, -0.2) is 55.1 Å². The number of nitrogens with zero attached hydrogens (tertiary/aromatic N) is 4. The van der Waals surface area contributed by atoms with Crippen LogP contribution in [0.2, 0.25) is 5.02 Å². The quantitative estimate of drug-likeness (QED) is 0.794. The molecule has 0 aliphatic heterocycles. The highest BCUT2D eigenvalue weighted by Crippen LogP contribution is 2.23. The molecule has 0 amide bonds. The van der Waals surface area contributed by atoms with Crippen molar-refractivity contribution in [3.05, 3.63) is 11.2 Å². The molecule has 5 nitrogen and oxygen atoms in total. The number of hydrogen-bond donors (Lipinski definition) is 1. The van der Waals surface area contributed by atoms with Gasteiger partial charge in [-0.05, 0) is 40.9 Å². The minimum absolute atomic E-state index is 0.605. The summed E-state index contributed by atoms with van der Waals surface area (Å²) in [5.74, 6) is 1.45. The first-order valence-corrected chi connectivity index (χ1v) is 7.12. The molecule has 0 aromatic carbocycles. The van der Waals surface area contributed by atoms with E-state index in [1.54, 1.807) is 6.20 Å². The maximum Gasteiger partial charge on any atom is 0.224 e. The number of aromatic nitrogens is 2. The summed E-state index contributed by atoms with van der Waals surface area (Å²) in [4.78, 5) is 13.0. The molecule has 0 atom stereocenters. The molecule has 0 fully saturated rings. The molecule has 1 aromatic heterocycles. The van der Waals surface area contributed by atoms with Gasteiger partial charge in [-0.2, -0.15) is 4.98 Å². The van der Waals surface area contributed by atoms with Crippen LogP contribution in [0.3, 0.4) is 0 Å². The Labute approximate surface area is 121 Å². The van der Waals surface area contributed by atoms with Gasteiger partial charge in [0.15, 0.2) is 5.82 Å². The van der Waals surface area contributed by atoms with Crippen LogP contribution in [0.1, 0.15) is 20.3 Å². The lowest BCUT2D eigenvalue weighted by molar-refractivity contribution is 0.400. The topological polar surface area (TPSA) is 44.3 Å². The van der Waals surface area contributed by atoms with E-state index >= 15 is 0 Å². The minimum Gasteiger partial charge on any atom is -0.355 e. The smallest absolute Gasteiger partial charge is 0.224 e. The van der Waals surface area contributed by atoms with Crippen molar-refractivity contribution < 1.29 is 0 Å². The van der Waals surface area contributed by atoms with Gasteiger partial charge in [-0.3, -0.25) is 0 Å². The number of rotatable bonds is 8. The summed E-state index contributed by atoms with van der Waals surface area (Å²) in [7, 11) is 4.16. The summed E-state index contributed by atoms with van der Waals surface area (Å²) < 4.78 is 0. The lowest BCUT2D eigenvalue weighted by Gasteiger charge is -2.24. The highest BCUT2D eigenvalue weighted by Gasteiger charge is 2.12. The molecule has 1 aromatic rings. The van der Waals surface area contributed by atoms with Gasteiger partial charge in [0.2, 0.25) is 5.95 Å². The first kappa shape index (κ1) is 16.0. The van der Waals surface area contributed by atoms with Crippen molar-refractivity contribution in [2.24, 2.45) is 0 Å². The molecule has 0 bridgehead atoms.